The normalized spacial score (nSPS) is 20.0. The monoisotopic (exact) mass is 756 g/mol. The van der Waals surface area contributed by atoms with E-state index in [1.807, 2.05) is 67.0 Å². The van der Waals surface area contributed by atoms with Crippen LogP contribution in [0.2, 0.25) is 10.3 Å². The third kappa shape index (κ3) is 6.23. The lowest BCUT2D eigenvalue weighted by molar-refractivity contribution is 0.00499. The molecule has 2 fully saturated rings. The minimum atomic E-state index is -3.03. The van der Waals surface area contributed by atoms with Crippen molar-refractivity contribution in [3.8, 4) is 0 Å². The van der Waals surface area contributed by atoms with Gasteiger partial charge in [0.15, 0.2) is 5.82 Å². The van der Waals surface area contributed by atoms with E-state index >= 15 is 8.78 Å². The number of ether oxygens (including phenoxy) is 1. The van der Waals surface area contributed by atoms with Crippen molar-refractivity contribution in [3.63, 3.8) is 0 Å². The van der Waals surface area contributed by atoms with Gasteiger partial charge in [-0.15, -0.1) is 0 Å². The Hall–Kier alpha value is -3.12. The summed E-state index contributed by atoms with van der Waals surface area (Å²) in [7, 11) is -3.03. The molecule has 0 spiro atoms. The highest BCUT2D eigenvalue weighted by Gasteiger charge is 2.54. The molecule has 0 saturated carbocycles. The van der Waals surface area contributed by atoms with Crippen LogP contribution in [0.4, 0.5) is 19.4 Å². The van der Waals surface area contributed by atoms with Crippen molar-refractivity contribution in [1.82, 2.24) is 14.9 Å². The van der Waals surface area contributed by atoms with Gasteiger partial charge in [0.2, 0.25) is 5.28 Å². The van der Waals surface area contributed by atoms with Gasteiger partial charge in [-0.2, -0.15) is 4.98 Å². The van der Waals surface area contributed by atoms with Gasteiger partial charge in [-0.05, 0) is 82.6 Å². The summed E-state index contributed by atoms with van der Waals surface area (Å²) < 4.78 is 44.5. The van der Waals surface area contributed by atoms with Crippen LogP contribution in [0.5, 0.6) is 0 Å². The van der Waals surface area contributed by atoms with Gasteiger partial charge in [0.25, 0.3) is 8.32 Å². The van der Waals surface area contributed by atoms with Crippen molar-refractivity contribution >= 4 is 69.0 Å². The molecule has 12 heteroatoms. The topological polar surface area (TPSA) is 67.8 Å². The number of halogens is 4. The van der Waals surface area contributed by atoms with Crippen molar-refractivity contribution < 1.29 is 22.7 Å². The fourth-order valence-corrected chi connectivity index (χ4v) is 12.6. The largest absolute Gasteiger partial charge is 0.444 e. The van der Waals surface area contributed by atoms with Crippen LogP contribution in [0.15, 0.2) is 71.2 Å². The van der Waals surface area contributed by atoms with Gasteiger partial charge in [0.05, 0.1) is 34.6 Å². The molecular weight excluding hydrogens is 718 g/mol. The number of carbonyl (C=O) groups excluding carboxylic acids is 1. The summed E-state index contributed by atoms with van der Waals surface area (Å²) in [4.78, 5) is 26.1. The second-order valence-corrected chi connectivity index (χ2v) is 20.1. The number of carbonyl (C=O) groups is 1. The van der Waals surface area contributed by atoms with Crippen LogP contribution in [0.3, 0.4) is 0 Å². The molecule has 1 amide bonds. The van der Waals surface area contributed by atoms with E-state index < -0.39 is 37.7 Å². The first-order valence-electron chi connectivity index (χ1n) is 16.2. The van der Waals surface area contributed by atoms with Gasteiger partial charge in [0.1, 0.15) is 22.8 Å². The molecule has 1 aromatic heterocycles. The lowest BCUT2D eigenvalue weighted by Gasteiger charge is -2.50. The van der Waals surface area contributed by atoms with Gasteiger partial charge in [-0.3, -0.25) is 4.90 Å². The molecule has 3 heterocycles. The predicted molar refractivity (Wildman–Crippen MR) is 192 cm³/mol. The van der Waals surface area contributed by atoms with Crippen LogP contribution in [-0.2, 0) is 9.16 Å². The molecule has 3 aromatic carbocycles. The number of anilines is 1. The smallest absolute Gasteiger partial charge is 0.410 e. The zero-order valence-electron chi connectivity index (χ0n) is 27.9. The first-order valence-corrected chi connectivity index (χ1v) is 19.2. The van der Waals surface area contributed by atoms with E-state index in [0.29, 0.717) is 19.4 Å². The molecular formula is C36H40BrClF2N4O3Si. The average molecular weight is 758 g/mol. The maximum Gasteiger partial charge on any atom is 0.410 e. The Morgan fingerprint density at radius 1 is 0.979 bits per heavy atom. The number of piperazine rings is 1. The van der Waals surface area contributed by atoms with Crippen LogP contribution in [-0.4, -0.2) is 66.2 Å². The molecule has 0 N–H and O–H groups in total. The van der Waals surface area contributed by atoms with Crippen molar-refractivity contribution in [2.75, 3.05) is 18.1 Å². The summed E-state index contributed by atoms with van der Waals surface area (Å²) in [6, 6.07) is 20.5. The summed E-state index contributed by atoms with van der Waals surface area (Å²) in [6.45, 7) is 12.6. The Labute approximate surface area is 294 Å². The SMILES string of the molecule is CC(C)(C)OC(=O)N1[C@H]2CC[C@@H]1C(CO[Si](c1ccccc1)(c1ccccc1)C(C)(C)C)N(c1nc(Cl)nc3c(F)c(Br)cc(F)c13)C2. The highest BCUT2D eigenvalue weighted by atomic mass is 79.9. The van der Waals surface area contributed by atoms with E-state index in [1.165, 1.54) is 0 Å². The summed E-state index contributed by atoms with van der Waals surface area (Å²) in [5.41, 5.74) is -0.913. The lowest BCUT2D eigenvalue weighted by Crippen LogP contribution is -2.69. The fourth-order valence-electron chi connectivity index (χ4n) is 7.42. The number of rotatable bonds is 6. The van der Waals surface area contributed by atoms with Crippen molar-refractivity contribution in [2.24, 2.45) is 0 Å². The standard InChI is InChI=1S/C36H40BrClF2N4O3Si/c1-35(2,3)47-34(45)44-22-17-18-27(44)28(43(20-22)32-29-26(39)19-25(37)30(40)31(29)41-33(38)42-32)21-46-48(36(4,5)6,23-13-9-7-10-14-23)24-15-11-8-12-16-24/h7-16,19,22,27-28H,17-18,20-21H2,1-6H3/t22-,27+,28?/m0/s1. The Balaban J connectivity index is 1.52. The molecule has 0 aliphatic carbocycles. The fraction of sp³-hybridized carbons (Fsp3) is 0.417. The zero-order chi connectivity index (χ0) is 34.6. The first kappa shape index (κ1) is 34.7. The molecule has 2 aliphatic rings. The molecule has 48 heavy (non-hydrogen) atoms. The Bertz CT molecular complexity index is 1780. The van der Waals surface area contributed by atoms with Crippen molar-refractivity contribution in [2.45, 2.75) is 83.1 Å². The van der Waals surface area contributed by atoms with Gasteiger partial charge >= 0.3 is 6.09 Å². The quantitative estimate of drug-likeness (QED) is 0.113. The van der Waals surface area contributed by atoms with E-state index in [9.17, 15) is 4.79 Å². The average Bonchev–Trinajstić information content (AvgIpc) is 3.35. The maximum absolute atomic E-state index is 15.8. The Kier molecular flexibility index (Phi) is 9.38. The summed E-state index contributed by atoms with van der Waals surface area (Å²) in [6.07, 6.45) is 0.973. The minimum absolute atomic E-state index is 0.0606. The summed E-state index contributed by atoms with van der Waals surface area (Å²) in [5, 5.41) is 1.62. The summed E-state index contributed by atoms with van der Waals surface area (Å²) in [5.74, 6) is -1.24. The van der Waals surface area contributed by atoms with Crippen LogP contribution in [0.1, 0.15) is 54.4 Å². The Morgan fingerprint density at radius 3 is 2.15 bits per heavy atom. The molecule has 2 bridgehead atoms. The molecule has 2 saturated heterocycles. The van der Waals surface area contributed by atoms with E-state index in [2.05, 4.69) is 70.9 Å². The first-order chi connectivity index (χ1) is 22.6. The van der Waals surface area contributed by atoms with Gasteiger partial charge in [0, 0.05) is 6.54 Å². The summed E-state index contributed by atoms with van der Waals surface area (Å²) >= 11 is 9.52. The number of fused-ring (bicyclic) bond motifs is 3. The van der Waals surface area contributed by atoms with Gasteiger partial charge < -0.3 is 14.1 Å². The second-order valence-electron chi connectivity index (χ2n) is 14.6. The molecule has 3 atom stereocenters. The maximum atomic E-state index is 15.8. The highest BCUT2D eigenvalue weighted by molar-refractivity contribution is 9.10. The van der Waals surface area contributed by atoms with Crippen LogP contribution < -0.4 is 15.3 Å². The number of aromatic nitrogens is 2. The molecule has 6 rings (SSSR count). The van der Waals surface area contributed by atoms with E-state index in [0.717, 1.165) is 16.4 Å². The highest BCUT2D eigenvalue weighted by Crippen LogP contribution is 2.43. The lowest BCUT2D eigenvalue weighted by atomic mass is 10.0. The van der Waals surface area contributed by atoms with Crippen LogP contribution in [0, 0.1) is 11.6 Å². The van der Waals surface area contributed by atoms with Gasteiger partial charge in [-0.25, -0.2) is 18.6 Å². The molecule has 2 aliphatic heterocycles. The van der Waals surface area contributed by atoms with E-state index in [-0.39, 0.29) is 50.2 Å². The zero-order valence-corrected chi connectivity index (χ0v) is 31.3. The van der Waals surface area contributed by atoms with Crippen molar-refractivity contribution in [1.29, 1.82) is 0 Å². The number of hydrogen-bond acceptors (Lipinski definition) is 6. The van der Waals surface area contributed by atoms with Gasteiger partial charge in [-0.1, -0.05) is 81.4 Å². The number of amides is 1. The molecule has 254 valence electrons. The van der Waals surface area contributed by atoms with Crippen LogP contribution in [0.25, 0.3) is 10.9 Å². The molecule has 1 unspecified atom stereocenters. The molecule has 0 radical (unpaired) electrons. The van der Waals surface area contributed by atoms with Crippen LogP contribution >= 0.6 is 27.5 Å². The number of nitrogens with zero attached hydrogens (tertiary/aromatic N) is 4. The van der Waals surface area contributed by atoms with E-state index in [1.54, 1.807) is 0 Å². The minimum Gasteiger partial charge on any atom is -0.444 e. The third-order valence-corrected chi connectivity index (χ3v) is 15.1. The third-order valence-electron chi connectivity index (χ3n) is 9.33. The van der Waals surface area contributed by atoms with E-state index in [4.69, 9.17) is 20.8 Å². The number of benzene rings is 3. The predicted octanol–water partition coefficient (Wildman–Crippen LogP) is 7.86. The Morgan fingerprint density at radius 2 is 1.58 bits per heavy atom. The molecule has 7 nitrogen and oxygen atoms in total. The molecule has 4 aromatic rings. The van der Waals surface area contributed by atoms with Crippen molar-refractivity contribution in [3.05, 3.63) is 88.1 Å². The number of hydrogen-bond donors (Lipinski definition) is 0. The second kappa shape index (κ2) is 13.0.